The Morgan fingerprint density at radius 2 is 1.81 bits per heavy atom. The van der Waals surface area contributed by atoms with Gasteiger partial charge in [-0.15, -0.1) is 0 Å². The van der Waals surface area contributed by atoms with E-state index in [0.717, 1.165) is 0 Å². The van der Waals surface area contributed by atoms with Gasteiger partial charge < -0.3 is 9.73 Å². The summed E-state index contributed by atoms with van der Waals surface area (Å²) in [6.07, 6.45) is 0. The molecule has 4 nitrogen and oxygen atoms in total. The molecule has 3 rings (SSSR count). The Morgan fingerprint density at radius 3 is 2.57 bits per heavy atom. The van der Waals surface area contributed by atoms with Crippen LogP contribution in [0.1, 0.15) is 10.4 Å². The SMILES string of the molecule is O=C(Nc1ccccc1)c1cc2cccc(Cl)c2oc1=O. The summed E-state index contributed by atoms with van der Waals surface area (Å²) in [5, 5.41) is 3.58. The Labute approximate surface area is 125 Å². The van der Waals surface area contributed by atoms with Gasteiger partial charge in [-0.05, 0) is 24.3 Å². The Bertz CT molecular complexity index is 872. The van der Waals surface area contributed by atoms with E-state index >= 15 is 0 Å². The first kappa shape index (κ1) is 13.4. The highest BCUT2D eigenvalue weighted by atomic mass is 35.5. The van der Waals surface area contributed by atoms with Crippen LogP contribution in [-0.4, -0.2) is 5.91 Å². The second kappa shape index (κ2) is 5.42. The van der Waals surface area contributed by atoms with E-state index in [-0.39, 0.29) is 11.1 Å². The molecule has 0 bridgehead atoms. The molecule has 2 aromatic carbocycles. The van der Waals surface area contributed by atoms with Gasteiger partial charge in [0, 0.05) is 11.1 Å². The topological polar surface area (TPSA) is 59.3 Å². The van der Waals surface area contributed by atoms with E-state index in [1.54, 1.807) is 42.5 Å². The van der Waals surface area contributed by atoms with Crippen molar-refractivity contribution in [1.29, 1.82) is 0 Å². The highest BCUT2D eigenvalue weighted by molar-refractivity contribution is 6.34. The lowest BCUT2D eigenvalue weighted by Gasteiger charge is -2.05. The molecular weight excluding hydrogens is 290 g/mol. The van der Waals surface area contributed by atoms with Crippen LogP contribution in [0.4, 0.5) is 5.69 Å². The van der Waals surface area contributed by atoms with E-state index in [4.69, 9.17) is 16.0 Å². The number of nitrogens with one attached hydrogen (secondary N) is 1. The van der Waals surface area contributed by atoms with Gasteiger partial charge in [0.2, 0.25) is 0 Å². The van der Waals surface area contributed by atoms with Gasteiger partial charge in [0.25, 0.3) is 5.91 Å². The third-order valence-corrected chi connectivity index (χ3v) is 3.29. The molecular formula is C16H10ClNO3. The van der Waals surface area contributed by atoms with Crippen LogP contribution in [-0.2, 0) is 0 Å². The zero-order chi connectivity index (χ0) is 14.8. The number of rotatable bonds is 2. The number of hydrogen-bond donors (Lipinski definition) is 1. The van der Waals surface area contributed by atoms with Crippen LogP contribution in [0.3, 0.4) is 0 Å². The van der Waals surface area contributed by atoms with E-state index in [9.17, 15) is 9.59 Å². The quantitative estimate of drug-likeness (QED) is 0.734. The Morgan fingerprint density at radius 1 is 1.05 bits per heavy atom. The molecule has 0 fully saturated rings. The average molecular weight is 300 g/mol. The number of carbonyl (C=O) groups is 1. The molecule has 0 atom stereocenters. The van der Waals surface area contributed by atoms with Gasteiger partial charge in [0.1, 0.15) is 5.56 Å². The van der Waals surface area contributed by atoms with Crippen molar-refractivity contribution in [1.82, 2.24) is 0 Å². The largest absolute Gasteiger partial charge is 0.421 e. The number of amides is 1. The third kappa shape index (κ3) is 2.66. The summed E-state index contributed by atoms with van der Waals surface area (Å²) in [5.74, 6) is -0.517. The summed E-state index contributed by atoms with van der Waals surface area (Å²) >= 11 is 5.96. The number of benzene rings is 2. The fourth-order valence-corrected chi connectivity index (χ4v) is 2.21. The molecule has 1 heterocycles. The Balaban J connectivity index is 2.02. The molecule has 0 unspecified atom stereocenters. The minimum atomic E-state index is -0.718. The fraction of sp³-hybridized carbons (Fsp3) is 0. The molecule has 21 heavy (non-hydrogen) atoms. The smallest absolute Gasteiger partial charge is 0.349 e. The number of halogens is 1. The first-order chi connectivity index (χ1) is 10.1. The summed E-state index contributed by atoms with van der Waals surface area (Å²) in [6.45, 7) is 0. The van der Waals surface area contributed by atoms with Gasteiger partial charge >= 0.3 is 5.63 Å². The maximum atomic E-state index is 12.2. The van der Waals surface area contributed by atoms with Crippen LogP contribution >= 0.6 is 11.6 Å². The van der Waals surface area contributed by atoms with Gasteiger partial charge in [-0.1, -0.05) is 41.9 Å². The van der Waals surface area contributed by atoms with Crippen LogP contribution in [0.25, 0.3) is 11.0 Å². The monoisotopic (exact) mass is 299 g/mol. The highest BCUT2D eigenvalue weighted by Crippen LogP contribution is 2.22. The maximum Gasteiger partial charge on any atom is 0.349 e. The van der Waals surface area contributed by atoms with Crippen molar-refractivity contribution in [2.24, 2.45) is 0 Å². The van der Waals surface area contributed by atoms with Gasteiger partial charge in [0.05, 0.1) is 5.02 Å². The third-order valence-electron chi connectivity index (χ3n) is 2.99. The fourth-order valence-electron chi connectivity index (χ4n) is 1.99. The van der Waals surface area contributed by atoms with Gasteiger partial charge in [-0.2, -0.15) is 0 Å². The summed E-state index contributed by atoms with van der Waals surface area (Å²) in [5.41, 5.74) is 0.103. The standard InChI is InChI=1S/C16H10ClNO3/c17-13-8-4-5-10-9-12(16(20)21-14(10)13)15(19)18-11-6-2-1-3-7-11/h1-9H,(H,18,19). The van der Waals surface area contributed by atoms with E-state index in [0.29, 0.717) is 16.1 Å². The van der Waals surface area contributed by atoms with E-state index in [1.807, 2.05) is 6.07 Å². The van der Waals surface area contributed by atoms with Crippen LogP contribution in [0.5, 0.6) is 0 Å². The minimum Gasteiger partial charge on any atom is -0.421 e. The molecule has 3 aromatic rings. The zero-order valence-corrected chi connectivity index (χ0v) is 11.6. The molecule has 0 saturated heterocycles. The summed E-state index contributed by atoms with van der Waals surface area (Å²) < 4.78 is 5.13. The normalized spacial score (nSPS) is 10.5. The molecule has 0 aliphatic heterocycles. The summed E-state index contributed by atoms with van der Waals surface area (Å²) in [7, 11) is 0. The highest BCUT2D eigenvalue weighted by Gasteiger charge is 2.14. The van der Waals surface area contributed by atoms with E-state index in [2.05, 4.69) is 5.32 Å². The lowest BCUT2D eigenvalue weighted by molar-refractivity contribution is 0.102. The zero-order valence-electron chi connectivity index (χ0n) is 10.8. The van der Waals surface area contributed by atoms with Crippen molar-refractivity contribution in [3.05, 3.63) is 75.6 Å². The molecule has 0 radical (unpaired) electrons. The van der Waals surface area contributed by atoms with Gasteiger partial charge in [-0.25, -0.2) is 4.79 Å². The van der Waals surface area contributed by atoms with Crippen LogP contribution in [0, 0.1) is 0 Å². The van der Waals surface area contributed by atoms with Crippen molar-refractivity contribution in [3.8, 4) is 0 Å². The lowest BCUT2D eigenvalue weighted by Crippen LogP contribution is -2.20. The van der Waals surface area contributed by atoms with Crippen LogP contribution in [0.2, 0.25) is 5.02 Å². The second-order valence-corrected chi connectivity index (χ2v) is 4.83. The lowest BCUT2D eigenvalue weighted by atomic mass is 10.1. The predicted octanol–water partition coefficient (Wildman–Crippen LogP) is 3.70. The number of hydrogen-bond acceptors (Lipinski definition) is 3. The van der Waals surface area contributed by atoms with Crippen molar-refractivity contribution >= 4 is 34.2 Å². The predicted molar refractivity (Wildman–Crippen MR) is 81.9 cm³/mol. The number of fused-ring (bicyclic) bond motifs is 1. The number of carbonyl (C=O) groups excluding carboxylic acids is 1. The molecule has 104 valence electrons. The van der Waals surface area contributed by atoms with E-state index < -0.39 is 11.5 Å². The van der Waals surface area contributed by atoms with E-state index in [1.165, 1.54) is 6.07 Å². The van der Waals surface area contributed by atoms with Crippen molar-refractivity contribution < 1.29 is 9.21 Å². The number of para-hydroxylation sites is 2. The van der Waals surface area contributed by atoms with Crippen molar-refractivity contribution in [3.63, 3.8) is 0 Å². The van der Waals surface area contributed by atoms with Gasteiger partial charge in [-0.3, -0.25) is 4.79 Å². The Kier molecular flexibility index (Phi) is 3.46. The molecule has 0 spiro atoms. The maximum absolute atomic E-state index is 12.2. The van der Waals surface area contributed by atoms with Crippen LogP contribution < -0.4 is 10.9 Å². The molecule has 1 aromatic heterocycles. The van der Waals surface area contributed by atoms with Crippen molar-refractivity contribution in [2.45, 2.75) is 0 Å². The summed E-state index contributed by atoms with van der Waals surface area (Å²) in [4.78, 5) is 24.1. The molecule has 1 N–H and O–H groups in total. The second-order valence-electron chi connectivity index (χ2n) is 4.43. The summed E-state index contributed by atoms with van der Waals surface area (Å²) in [6, 6.07) is 15.4. The Hall–Kier alpha value is -2.59. The van der Waals surface area contributed by atoms with Gasteiger partial charge in [0.15, 0.2) is 5.58 Å². The van der Waals surface area contributed by atoms with Crippen molar-refractivity contribution in [2.75, 3.05) is 5.32 Å². The molecule has 0 saturated carbocycles. The average Bonchev–Trinajstić information content (AvgIpc) is 2.48. The first-order valence-electron chi connectivity index (χ1n) is 6.24. The molecule has 5 heteroatoms. The minimum absolute atomic E-state index is 0.0615. The number of anilines is 1. The molecule has 0 aliphatic rings. The van der Waals surface area contributed by atoms with Crippen LogP contribution in [0.15, 0.2) is 63.8 Å². The molecule has 1 amide bonds. The molecule has 0 aliphatic carbocycles. The first-order valence-corrected chi connectivity index (χ1v) is 6.62.